The molecule has 4 heterocycles. The Balaban J connectivity index is 1.49. The van der Waals surface area contributed by atoms with Crippen molar-refractivity contribution < 1.29 is 9.84 Å². The topological polar surface area (TPSA) is 95.8 Å². The number of hydrogen-bond donors (Lipinski definition) is 1. The predicted molar refractivity (Wildman–Crippen MR) is 158 cm³/mol. The van der Waals surface area contributed by atoms with Gasteiger partial charge in [-0.3, -0.25) is 0 Å². The molecule has 0 fully saturated rings. The summed E-state index contributed by atoms with van der Waals surface area (Å²) in [7, 11) is 5.38. The van der Waals surface area contributed by atoms with E-state index in [-0.39, 0.29) is 0 Å². The minimum Gasteiger partial charge on any atom is -0.481 e. The summed E-state index contributed by atoms with van der Waals surface area (Å²) in [4.78, 5) is 13.7. The van der Waals surface area contributed by atoms with Crippen molar-refractivity contribution >= 4 is 22.5 Å². The number of rotatable bonds is 7. The zero-order chi connectivity index (χ0) is 28.9. The maximum absolute atomic E-state index is 12.6. The van der Waals surface area contributed by atoms with Gasteiger partial charge in [0.25, 0.3) is 0 Å². The van der Waals surface area contributed by atoms with Crippen LogP contribution < -0.4 is 4.74 Å². The van der Waals surface area contributed by atoms with E-state index in [2.05, 4.69) is 15.1 Å². The normalized spacial score (nSPS) is 11.9. The van der Waals surface area contributed by atoms with Gasteiger partial charge >= 0.3 is 0 Å². The molecule has 0 aliphatic heterocycles. The quantitative estimate of drug-likeness (QED) is 0.290. The van der Waals surface area contributed by atoms with Crippen LogP contribution >= 0.6 is 11.6 Å². The number of halogens is 1. The molecule has 4 aromatic heterocycles. The van der Waals surface area contributed by atoms with Crippen molar-refractivity contribution in [2.45, 2.75) is 25.9 Å². The highest BCUT2D eigenvalue weighted by atomic mass is 35.5. The molecule has 6 aromatic rings. The number of ether oxygens (including phenoxy) is 1. The van der Waals surface area contributed by atoms with E-state index in [1.807, 2.05) is 96.5 Å². The van der Waals surface area contributed by atoms with Crippen LogP contribution in [-0.4, -0.2) is 46.1 Å². The molecule has 10 heteroatoms. The van der Waals surface area contributed by atoms with E-state index in [4.69, 9.17) is 21.3 Å². The van der Waals surface area contributed by atoms with Crippen LogP contribution in [0.5, 0.6) is 5.88 Å². The van der Waals surface area contributed by atoms with E-state index in [1.54, 1.807) is 25.7 Å². The molecule has 2 aromatic carbocycles. The van der Waals surface area contributed by atoms with E-state index < -0.39 is 5.60 Å². The Morgan fingerprint density at radius 2 is 1.61 bits per heavy atom. The van der Waals surface area contributed by atoms with E-state index in [0.29, 0.717) is 45.2 Å². The van der Waals surface area contributed by atoms with Crippen LogP contribution in [0.2, 0.25) is 5.02 Å². The van der Waals surface area contributed by atoms with Gasteiger partial charge in [0.2, 0.25) is 5.88 Å². The highest BCUT2D eigenvalue weighted by Crippen LogP contribution is 2.41. The Labute approximate surface area is 242 Å². The van der Waals surface area contributed by atoms with E-state index in [9.17, 15) is 5.11 Å². The molecule has 0 aliphatic rings. The Morgan fingerprint density at radius 3 is 2.15 bits per heavy atom. The number of aryl methyl sites for hydroxylation is 2. The predicted octanol–water partition coefficient (Wildman–Crippen LogP) is 5.04. The fourth-order valence-electron chi connectivity index (χ4n) is 5.29. The van der Waals surface area contributed by atoms with Crippen LogP contribution in [0.1, 0.15) is 39.7 Å². The Morgan fingerprint density at radius 1 is 0.951 bits per heavy atom. The summed E-state index contributed by atoms with van der Waals surface area (Å²) in [5.41, 5.74) is 3.75. The third kappa shape index (κ3) is 4.38. The number of aliphatic hydroxyl groups is 1. The molecule has 0 amide bonds. The average molecular weight is 568 g/mol. The van der Waals surface area contributed by atoms with Crippen molar-refractivity contribution in [3.8, 4) is 11.6 Å². The maximum Gasteiger partial charge on any atom is 0.218 e. The number of methoxy groups -OCH3 is 1. The van der Waals surface area contributed by atoms with Crippen LogP contribution in [0.3, 0.4) is 0 Å². The first-order valence-corrected chi connectivity index (χ1v) is 13.6. The molecule has 0 radical (unpaired) electrons. The lowest BCUT2D eigenvalue weighted by Crippen LogP contribution is -2.33. The molecule has 0 spiro atoms. The molecule has 41 heavy (non-hydrogen) atoms. The van der Waals surface area contributed by atoms with Crippen molar-refractivity contribution in [2.24, 2.45) is 14.1 Å². The number of fused-ring (bicyclic) bond motifs is 1. The Kier molecular flexibility index (Phi) is 6.63. The number of pyridine rings is 1. The first-order chi connectivity index (χ1) is 19.7. The molecule has 0 saturated heterocycles. The largest absolute Gasteiger partial charge is 0.481 e. The fraction of sp³-hybridized carbons (Fsp3) is 0.226. The molecular weight excluding hydrogens is 538 g/mol. The second-order valence-corrected chi connectivity index (χ2v) is 10.5. The lowest BCUT2D eigenvalue weighted by atomic mass is 9.86. The third-order valence-corrected chi connectivity index (χ3v) is 8.29. The van der Waals surface area contributed by atoms with Gasteiger partial charge in [0.15, 0.2) is 5.60 Å². The molecular formula is C31H30ClN7O2. The second kappa shape index (κ2) is 10.2. The van der Waals surface area contributed by atoms with Crippen LogP contribution in [-0.2, 0) is 26.1 Å². The molecule has 0 atom stereocenters. The van der Waals surface area contributed by atoms with Gasteiger partial charge in [-0.25, -0.2) is 19.6 Å². The van der Waals surface area contributed by atoms with Gasteiger partial charge < -0.3 is 19.0 Å². The van der Waals surface area contributed by atoms with Crippen molar-refractivity contribution in [1.29, 1.82) is 0 Å². The van der Waals surface area contributed by atoms with Crippen molar-refractivity contribution in [2.75, 3.05) is 7.11 Å². The number of nitrogens with zero attached hydrogens (tertiary/aromatic N) is 7. The molecule has 6 rings (SSSR count). The lowest BCUT2D eigenvalue weighted by molar-refractivity contribution is 0.109. The van der Waals surface area contributed by atoms with E-state index in [0.717, 1.165) is 28.5 Å². The van der Waals surface area contributed by atoms with Gasteiger partial charge in [-0.2, -0.15) is 5.10 Å². The van der Waals surface area contributed by atoms with Crippen LogP contribution in [0.15, 0.2) is 73.3 Å². The summed E-state index contributed by atoms with van der Waals surface area (Å²) in [6.07, 6.45) is 7.57. The van der Waals surface area contributed by atoms with Gasteiger partial charge in [-0.05, 0) is 55.3 Å². The van der Waals surface area contributed by atoms with Gasteiger partial charge in [0, 0.05) is 43.9 Å². The summed E-state index contributed by atoms with van der Waals surface area (Å²) in [5, 5.41) is 18.1. The maximum atomic E-state index is 12.6. The third-order valence-electron chi connectivity index (χ3n) is 7.86. The number of hydrogen-bond acceptors (Lipinski definition) is 6. The van der Waals surface area contributed by atoms with Crippen LogP contribution in [0.4, 0.5) is 0 Å². The lowest BCUT2D eigenvalue weighted by Gasteiger charge is -2.30. The summed E-state index contributed by atoms with van der Waals surface area (Å²) in [5.74, 6) is 2.03. The van der Waals surface area contributed by atoms with Crippen molar-refractivity contribution in [1.82, 2.24) is 33.9 Å². The van der Waals surface area contributed by atoms with Gasteiger partial charge in [0.05, 0.1) is 47.1 Å². The Bertz CT molecular complexity index is 1830. The van der Waals surface area contributed by atoms with Gasteiger partial charge in [-0.1, -0.05) is 29.8 Å². The molecule has 9 nitrogen and oxygen atoms in total. The zero-order valence-electron chi connectivity index (χ0n) is 23.5. The average Bonchev–Trinajstić information content (AvgIpc) is 3.72. The van der Waals surface area contributed by atoms with Crippen molar-refractivity contribution in [3.05, 3.63) is 118 Å². The zero-order valence-corrected chi connectivity index (χ0v) is 24.3. The molecule has 0 bridgehead atoms. The number of benzene rings is 2. The van der Waals surface area contributed by atoms with Crippen LogP contribution in [0.25, 0.3) is 16.6 Å². The van der Waals surface area contributed by atoms with Gasteiger partial charge in [-0.15, -0.1) is 0 Å². The van der Waals surface area contributed by atoms with E-state index in [1.165, 1.54) is 0 Å². The minimum atomic E-state index is -1.55. The molecule has 208 valence electrons. The molecule has 0 unspecified atom stereocenters. The second-order valence-electron chi connectivity index (χ2n) is 10.1. The summed E-state index contributed by atoms with van der Waals surface area (Å²) in [6.45, 7) is 3.81. The molecule has 1 N–H and O–H groups in total. The highest BCUT2D eigenvalue weighted by Gasteiger charge is 2.40. The van der Waals surface area contributed by atoms with Gasteiger partial charge in [0.1, 0.15) is 11.6 Å². The highest BCUT2D eigenvalue weighted by molar-refractivity contribution is 6.36. The van der Waals surface area contributed by atoms with Crippen LogP contribution in [0, 0.1) is 13.8 Å². The van der Waals surface area contributed by atoms with E-state index >= 15 is 0 Å². The first kappa shape index (κ1) is 26.7. The molecule has 0 saturated carbocycles. The summed E-state index contributed by atoms with van der Waals surface area (Å²) in [6, 6.07) is 15.6. The number of imidazole rings is 2. The SMILES string of the molecule is COc1nc2ccc(C(O)(c3cnc(C)n3C)c3cnc(C)n3C)cc2c(Cl)c1Cc1ccc(-n2cccn2)cc1. The number of aromatic nitrogens is 7. The Hall–Kier alpha value is -4.47. The smallest absolute Gasteiger partial charge is 0.218 e. The molecule has 0 aliphatic carbocycles. The first-order valence-electron chi connectivity index (χ1n) is 13.2. The minimum absolute atomic E-state index is 0.464. The standard InChI is InChI=1S/C31H30ClN7O2/c1-19-33-17-27(37(19)3)31(40,28-18-34-20(2)38(28)4)22-9-12-26-24(16-22)29(32)25(30(36-26)41-5)15-21-7-10-23(11-8-21)39-14-6-13-35-39/h6-14,16-18,40H,15H2,1-5H3. The summed E-state index contributed by atoms with van der Waals surface area (Å²) >= 11 is 7.12. The fourth-order valence-corrected chi connectivity index (χ4v) is 5.58. The van der Waals surface area contributed by atoms with Crippen molar-refractivity contribution in [3.63, 3.8) is 0 Å². The summed E-state index contributed by atoms with van der Waals surface area (Å²) < 4.78 is 11.3. The monoisotopic (exact) mass is 567 g/mol.